The van der Waals surface area contributed by atoms with Crippen molar-refractivity contribution in [3.8, 4) is 0 Å². The summed E-state index contributed by atoms with van der Waals surface area (Å²) in [6.07, 6.45) is 0.443. The number of rotatable bonds is 6. The molecule has 4 rings (SSSR count). The number of nitrogens with one attached hydrogen (secondary N) is 2. The van der Waals surface area contributed by atoms with Crippen LogP contribution >= 0.6 is 0 Å². The SMILES string of the molecule is C[C@]1(c2ccc3ccccc3c2)NC(=O)N(CC(=O)NCCc2cccc(F)c2)C1=O. The lowest BCUT2D eigenvalue weighted by Crippen LogP contribution is -2.43. The van der Waals surface area contributed by atoms with E-state index in [9.17, 15) is 18.8 Å². The maximum Gasteiger partial charge on any atom is 0.325 e. The van der Waals surface area contributed by atoms with Crippen molar-refractivity contribution in [3.05, 3.63) is 83.7 Å². The van der Waals surface area contributed by atoms with E-state index < -0.39 is 23.4 Å². The van der Waals surface area contributed by atoms with Crippen molar-refractivity contribution in [3.63, 3.8) is 0 Å². The number of imide groups is 1. The third-order valence-corrected chi connectivity index (χ3v) is 5.53. The summed E-state index contributed by atoms with van der Waals surface area (Å²) in [5.41, 5.74) is 0.154. The number of fused-ring (bicyclic) bond motifs is 1. The molecule has 0 saturated carbocycles. The number of halogens is 1. The van der Waals surface area contributed by atoms with Gasteiger partial charge in [-0.25, -0.2) is 9.18 Å². The van der Waals surface area contributed by atoms with Crippen LogP contribution in [0.1, 0.15) is 18.1 Å². The van der Waals surface area contributed by atoms with Gasteiger partial charge < -0.3 is 10.6 Å². The summed E-state index contributed by atoms with van der Waals surface area (Å²) < 4.78 is 13.2. The van der Waals surface area contributed by atoms with Crippen molar-refractivity contribution >= 4 is 28.6 Å². The third kappa shape index (κ3) is 4.12. The van der Waals surface area contributed by atoms with Crippen LogP contribution < -0.4 is 10.6 Å². The number of hydrogen-bond donors (Lipinski definition) is 2. The Morgan fingerprint density at radius 3 is 2.58 bits per heavy atom. The zero-order chi connectivity index (χ0) is 22.0. The van der Waals surface area contributed by atoms with Gasteiger partial charge in [0.2, 0.25) is 5.91 Å². The minimum atomic E-state index is -1.25. The molecule has 1 saturated heterocycles. The molecule has 6 nitrogen and oxygen atoms in total. The van der Waals surface area contributed by atoms with Crippen molar-refractivity contribution in [2.45, 2.75) is 18.9 Å². The van der Waals surface area contributed by atoms with E-state index in [0.29, 0.717) is 12.0 Å². The molecular formula is C24H22FN3O3. The van der Waals surface area contributed by atoms with E-state index >= 15 is 0 Å². The fourth-order valence-corrected chi connectivity index (χ4v) is 3.77. The molecule has 1 atom stereocenters. The zero-order valence-corrected chi connectivity index (χ0v) is 17.0. The van der Waals surface area contributed by atoms with Gasteiger partial charge in [0.15, 0.2) is 0 Å². The summed E-state index contributed by atoms with van der Waals surface area (Å²) in [6, 6.07) is 18.8. The fourth-order valence-electron chi connectivity index (χ4n) is 3.77. The Morgan fingerprint density at radius 2 is 1.81 bits per heavy atom. The van der Waals surface area contributed by atoms with Crippen LogP contribution in [0.5, 0.6) is 0 Å². The lowest BCUT2D eigenvalue weighted by molar-refractivity contribution is -0.134. The molecule has 7 heteroatoms. The van der Waals surface area contributed by atoms with Crippen LogP contribution in [0.25, 0.3) is 10.8 Å². The van der Waals surface area contributed by atoms with E-state index in [0.717, 1.165) is 21.2 Å². The Labute approximate surface area is 179 Å². The standard InChI is InChI=1S/C24H22FN3O3/c1-24(19-10-9-17-6-2-3-7-18(17)14-19)22(30)28(23(31)27-24)15-21(29)26-12-11-16-5-4-8-20(25)13-16/h2-10,13-14H,11-12,15H2,1H3,(H,26,29)(H,27,31)/t24-/m1/s1. The van der Waals surface area contributed by atoms with Gasteiger partial charge in [0, 0.05) is 6.54 Å². The molecule has 0 unspecified atom stereocenters. The Kier molecular flexibility index (Phi) is 5.42. The Balaban J connectivity index is 1.41. The van der Waals surface area contributed by atoms with Crippen molar-refractivity contribution in [1.82, 2.24) is 15.5 Å². The molecule has 0 spiro atoms. The first kappa shape index (κ1) is 20.5. The van der Waals surface area contributed by atoms with Crippen molar-refractivity contribution < 1.29 is 18.8 Å². The van der Waals surface area contributed by atoms with Crippen LogP contribution in [0.15, 0.2) is 66.7 Å². The van der Waals surface area contributed by atoms with E-state index in [-0.39, 0.29) is 18.9 Å². The molecule has 0 aromatic heterocycles. The predicted octanol–water partition coefficient (Wildman–Crippen LogP) is 3.10. The minimum absolute atomic E-state index is 0.272. The predicted molar refractivity (Wildman–Crippen MR) is 115 cm³/mol. The minimum Gasteiger partial charge on any atom is -0.354 e. The van der Waals surface area contributed by atoms with E-state index in [2.05, 4.69) is 10.6 Å². The number of benzene rings is 3. The van der Waals surface area contributed by atoms with E-state index in [1.54, 1.807) is 19.1 Å². The molecule has 0 aliphatic carbocycles. The van der Waals surface area contributed by atoms with Crippen molar-refractivity contribution in [2.24, 2.45) is 0 Å². The molecule has 0 radical (unpaired) electrons. The maximum absolute atomic E-state index is 13.2. The van der Waals surface area contributed by atoms with Gasteiger partial charge in [-0.2, -0.15) is 0 Å². The first-order valence-electron chi connectivity index (χ1n) is 10.0. The lowest BCUT2D eigenvalue weighted by atomic mass is 9.90. The third-order valence-electron chi connectivity index (χ3n) is 5.53. The molecule has 31 heavy (non-hydrogen) atoms. The van der Waals surface area contributed by atoms with Gasteiger partial charge in [-0.3, -0.25) is 14.5 Å². The first-order chi connectivity index (χ1) is 14.9. The second kappa shape index (κ2) is 8.18. The Bertz CT molecular complexity index is 1180. The highest BCUT2D eigenvalue weighted by molar-refractivity contribution is 6.09. The van der Waals surface area contributed by atoms with Crippen molar-refractivity contribution in [1.29, 1.82) is 0 Å². The van der Waals surface area contributed by atoms with Gasteiger partial charge >= 0.3 is 6.03 Å². The normalized spacial score (nSPS) is 18.3. The van der Waals surface area contributed by atoms with E-state index in [4.69, 9.17) is 0 Å². The van der Waals surface area contributed by atoms with Gasteiger partial charge in [-0.15, -0.1) is 0 Å². The van der Waals surface area contributed by atoms with Crippen LogP contribution in [0, 0.1) is 5.82 Å². The van der Waals surface area contributed by atoms with E-state index in [1.807, 2.05) is 42.5 Å². The Hall–Kier alpha value is -3.74. The number of carbonyl (C=O) groups excluding carboxylic acids is 3. The fraction of sp³-hybridized carbons (Fsp3) is 0.208. The molecular weight excluding hydrogens is 397 g/mol. The smallest absolute Gasteiger partial charge is 0.325 e. The van der Waals surface area contributed by atoms with Gasteiger partial charge in [-0.1, -0.05) is 48.5 Å². The van der Waals surface area contributed by atoms with Crippen LogP contribution in [-0.2, 0) is 21.5 Å². The summed E-state index contributed by atoms with van der Waals surface area (Å²) >= 11 is 0. The number of nitrogens with zero attached hydrogens (tertiary/aromatic N) is 1. The van der Waals surface area contributed by atoms with E-state index in [1.165, 1.54) is 12.1 Å². The van der Waals surface area contributed by atoms with Crippen LogP contribution in [0.2, 0.25) is 0 Å². The van der Waals surface area contributed by atoms with Gasteiger partial charge in [-0.05, 0) is 53.4 Å². The van der Waals surface area contributed by atoms with Gasteiger partial charge in [0.25, 0.3) is 5.91 Å². The molecule has 1 aliphatic heterocycles. The average Bonchev–Trinajstić information content (AvgIpc) is 2.97. The molecule has 0 bridgehead atoms. The quantitative estimate of drug-likeness (QED) is 0.603. The monoisotopic (exact) mass is 419 g/mol. The second-order valence-corrected chi connectivity index (χ2v) is 7.74. The molecule has 1 heterocycles. The maximum atomic E-state index is 13.2. The summed E-state index contributed by atoms with van der Waals surface area (Å²) in [5.74, 6) is -1.27. The Morgan fingerprint density at radius 1 is 1.03 bits per heavy atom. The highest BCUT2D eigenvalue weighted by atomic mass is 19.1. The highest BCUT2D eigenvalue weighted by Gasteiger charge is 2.49. The topological polar surface area (TPSA) is 78.5 Å². The summed E-state index contributed by atoms with van der Waals surface area (Å²) in [5, 5.41) is 7.38. The molecule has 158 valence electrons. The van der Waals surface area contributed by atoms with Crippen LogP contribution in [0.4, 0.5) is 9.18 Å². The number of hydrogen-bond acceptors (Lipinski definition) is 3. The zero-order valence-electron chi connectivity index (χ0n) is 17.0. The first-order valence-corrected chi connectivity index (χ1v) is 10.0. The summed E-state index contributed by atoms with van der Waals surface area (Å²) in [6.45, 7) is 1.53. The van der Waals surface area contributed by atoms with Gasteiger partial charge in [0.05, 0.1) is 0 Å². The average molecular weight is 419 g/mol. The molecule has 3 aromatic carbocycles. The molecule has 2 N–H and O–H groups in total. The lowest BCUT2D eigenvalue weighted by Gasteiger charge is -2.22. The second-order valence-electron chi connectivity index (χ2n) is 7.74. The largest absolute Gasteiger partial charge is 0.354 e. The number of carbonyl (C=O) groups is 3. The van der Waals surface area contributed by atoms with Crippen molar-refractivity contribution in [2.75, 3.05) is 13.1 Å². The van der Waals surface area contributed by atoms with Crippen LogP contribution in [-0.4, -0.2) is 35.8 Å². The molecule has 4 amide bonds. The highest BCUT2D eigenvalue weighted by Crippen LogP contribution is 2.30. The number of urea groups is 1. The van der Waals surface area contributed by atoms with Gasteiger partial charge in [0.1, 0.15) is 17.9 Å². The molecule has 1 fully saturated rings. The number of amides is 4. The molecule has 1 aliphatic rings. The summed E-state index contributed by atoms with van der Waals surface area (Å²) in [4.78, 5) is 38.8. The summed E-state index contributed by atoms with van der Waals surface area (Å²) in [7, 11) is 0. The van der Waals surface area contributed by atoms with Crippen LogP contribution in [0.3, 0.4) is 0 Å². The molecule has 3 aromatic rings.